The smallest absolute Gasteiger partial charge is 0.183 e. The molecule has 2 aliphatic heterocycles. The van der Waals surface area contributed by atoms with Gasteiger partial charge in [-0.3, -0.25) is 0 Å². The van der Waals surface area contributed by atoms with E-state index < -0.39 is 11.6 Å². The molecular weight excluding hydrogens is 402 g/mol. The number of piperidine rings is 2. The molecule has 0 atom stereocenters. The van der Waals surface area contributed by atoms with E-state index in [1.54, 1.807) is 6.07 Å². The lowest BCUT2D eigenvalue weighted by Gasteiger charge is -2.26. The molecule has 2 aromatic rings. The van der Waals surface area contributed by atoms with E-state index in [0.29, 0.717) is 16.7 Å². The Hall–Kier alpha value is -1.24. The van der Waals surface area contributed by atoms with Gasteiger partial charge >= 0.3 is 0 Å². The van der Waals surface area contributed by atoms with E-state index >= 15 is 0 Å². The molecular formula is C24H36F2N2OS. The molecule has 0 N–H and O–H groups in total. The van der Waals surface area contributed by atoms with Crippen molar-refractivity contribution in [2.75, 3.05) is 45.9 Å². The van der Waals surface area contributed by atoms with Gasteiger partial charge in [-0.05, 0) is 77.8 Å². The van der Waals surface area contributed by atoms with Crippen molar-refractivity contribution in [2.24, 2.45) is 0 Å². The third-order valence-corrected chi connectivity index (χ3v) is 7.05. The molecule has 0 unspecified atom stereocenters. The van der Waals surface area contributed by atoms with Gasteiger partial charge in [0.05, 0.1) is 11.3 Å². The quantitative estimate of drug-likeness (QED) is 0.497. The molecule has 30 heavy (non-hydrogen) atoms. The van der Waals surface area contributed by atoms with Crippen LogP contribution in [0, 0.1) is 18.6 Å². The summed E-state index contributed by atoms with van der Waals surface area (Å²) in [6, 6.07) is 2.85. The second kappa shape index (κ2) is 12.0. The maximum atomic E-state index is 14.4. The first-order valence-corrected chi connectivity index (χ1v) is 12.4. The highest BCUT2D eigenvalue weighted by atomic mass is 32.1. The van der Waals surface area contributed by atoms with Crippen molar-refractivity contribution in [2.45, 2.75) is 58.8 Å². The molecule has 2 fully saturated rings. The molecule has 0 bridgehead atoms. The number of thiophene rings is 1. The average molecular weight is 439 g/mol. The number of benzene rings is 1. The van der Waals surface area contributed by atoms with Crippen LogP contribution in [0.15, 0.2) is 12.1 Å². The van der Waals surface area contributed by atoms with Gasteiger partial charge in [0.15, 0.2) is 11.6 Å². The van der Waals surface area contributed by atoms with Gasteiger partial charge in [-0.25, -0.2) is 8.78 Å². The number of likely N-dealkylation sites (tertiary alicyclic amines) is 2. The van der Waals surface area contributed by atoms with Crippen LogP contribution in [0.5, 0.6) is 5.75 Å². The van der Waals surface area contributed by atoms with Crippen LogP contribution in [0.1, 0.15) is 56.7 Å². The normalized spacial score (nSPS) is 18.3. The van der Waals surface area contributed by atoms with E-state index in [9.17, 15) is 8.78 Å². The molecule has 1 aromatic heterocycles. The summed E-state index contributed by atoms with van der Waals surface area (Å²) < 4.78 is 34.2. The molecule has 0 aliphatic carbocycles. The molecule has 168 valence electrons. The number of aryl methyl sites for hydroxylation is 1. The number of rotatable bonds is 6. The Morgan fingerprint density at radius 2 is 1.57 bits per heavy atom. The topological polar surface area (TPSA) is 15.7 Å². The first-order valence-electron chi connectivity index (χ1n) is 11.5. The lowest BCUT2D eigenvalue weighted by atomic mass is 10.1. The number of ether oxygens (including phenoxy) is 1. The van der Waals surface area contributed by atoms with Crippen LogP contribution < -0.4 is 4.74 Å². The third-order valence-electron chi connectivity index (χ3n) is 6.01. The summed E-state index contributed by atoms with van der Waals surface area (Å²) in [4.78, 5) is 5.83. The molecule has 2 saturated heterocycles. The molecule has 0 saturated carbocycles. The van der Waals surface area contributed by atoms with E-state index in [4.69, 9.17) is 4.74 Å². The van der Waals surface area contributed by atoms with Gasteiger partial charge in [-0.2, -0.15) is 0 Å². The van der Waals surface area contributed by atoms with Gasteiger partial charge in [-0.1, -0.05) is 19.8 Å². The minimum Gasteiger partial charge on any atom is -0.490 e. The highest BCUT2D eigenvalue weighted by molar-refractivity contribution is 7.19. The van der Waals surface area contributed by atoms with Crippen molar-refractivity contribution in [3.63, 3.8) is 0 Å². The van der Waals surface area contributed by atoms with Crippen molar-refractivity contribution >= 4 is 21.4 Å². The van der Waals surface area contributed by atoms with Crippen LogP contribution in [-0.2, 0) is 0 Å². The number of fused-ring (bicyclic) bond motifs is 1. The lowest BCUT2D eigenvalue weighted by molar-refractivity contribution is 0.203. The van der Waals surface area contributed by atoms with Crippen molar-refractivity contribution in [3.8, 4) is 5.75 Å². The summed E-state index contributed by atoms with van der Waals surface area (Å²) in [6.07, 6.45) is 8.97. The van der Waals surface area contributed by atoms with Crippen LogP contribution in [0.3, 0.4) is 0 Å². The monoisotopic (exact) mass is 438 g/mol. The van der Waals surface area contributed by atoms with Crippen LogP contribution in [0.25, 0.3) is 10.1 Å². The Kier molecular flexibility index (Phi) is 9.34. The largest absolute Gasteiger partial charge is 0.490 e. The van der Waals surface area contributed by atoms with Gasteiger partial charge in [0.2, 0.25) is 0 Å². The fourth-order valence-corrected chi connectivity index (χ4v) is 5.21. The van der Waals surface area contributed by atoms with E-state index in [1.165, 1.54) is 75.6 Å². The van der Waals surface area contributed by atoms with Gasteiger partial charge in [0.25, 0.3) is 0 Å². The predicted octanol–water partition coefficient (Wildman–Crippen LogP) is 6.23. The maximum Gasteiger partial charge on any atom is 0.183 e. The summed E-state index contributed by atoms with van der Waals surface area (Å²) in [5.41, 5.74) is 0. The standard InChI is InChI=1S/C17H21F2NOS.C7H15N/c1-12-10-13-14(18)11-15(16(19)17(13)22-12)21-9-5-8-20-6-3-2-4-7-20;1-2-8-6-4-3-5-7-8/h10-11H,2-9H2,1H3;2-7H2,1H3. The van der Waals surface area contributed by atoms with Crippen LogP contribution >= 0.6 is 11.3 Å². The summed E-state index contributed by atoms with van der Waals surface area (Å²) >= 11 is 1.27. The number of nitrogens with zero attached hydrogens (tertiary/aromatic N) is 2. The van der Waals surface area contributed by atoms with Gasteiger partial charge in [-0.15, -0.1) is 11.3 Å². The molecule has 0 amide bonds. The second-order valence-corrected chi connectivity index (χ2v) is 9.63. The van der Waals surface area contributed by atoms with Gasteiger partial charge in [0.1, 0.15) is 5.82 Å². The zero-order valence-corrected chi connectivity index (χ0v) is 19.3. The first kappa shape index (κ1) is 23.4. The fourth-order valence-electron chi connectivity index (χ4n) is 4.26. The molecule has 3 nitrogen and oxygen atoms in total. The van der Waals surface area contributed by atoms with Crippen LogP contribution in [0.4, 0.5) is 8.78 Å². The van der Waals surface area contributed by atoms with Crippen molar-refractivity contribution in [1.29, 1.82) is 0 Å². The number of halogens is 2. The molecule has 0 radical (unpaired) electrons. The molecule has 1 aromatic carbocycles. The summed E-state index contributed by atoms with van der Waals surface area (Å²) in [6.45, 7) is 11.7. The molecule has 2 aliphatic rings. The molecule has 3 heterocycles. The van der Waals surface area contributed by atoms with Crippen molar-refractivity contribution in [1.82, 2.24) is 9.80 Å². The Labute approximate surface area is 184 Å². The highest BCUT2D eigenvalue weighted by Gasteiger charge is 2.16. The molecule has 4 rings (SSSR count). The summed E-state index contributed by atoms with van der Waals surface area (Å²) in [5, 5.41) is 0.348. The second-order valence-electron chi connectivity index (χ2n) is 8.37. The van der Waals surface area contributed by atoms with Crippen LogP contribution in [0.2, 0.25) is 0 Å². The predicted molar refractivity (Wildman–Crippen MR) is 123 cm³/mol. The van der Waals surface area contributed by atoms with E-state index in [1.807, 2.05) is 6.92 Å². The maximum absolute atomic E-state index is 14.4. The number of hydrogen-bond donors (Lipinski definition) is 0. The Bertz CT molecular complexity index is 783. The van der Waals surface area contributed by atoms with E-state index in [-0.39, 0.29) is 5.75 Å². The fraction of sp³-hybridized carbons (Fsp3) is 0.667. The highest BCUT2D eigenvalue weighted by Crippen LogP contribution is 2.35. The minimum absolute atomic E-state index is 0.0329. The summed E-state index contributed by atoms with van der Waals surface area (Å²) in [5.74, 6) is -0.815. The van der Waals surface area contributed by atoms with Gasteiger partial charge < -0.3 is 14.5 Å². The lowest BCUT2D eigenvalue weighted by Crippen LogP contribution is -2.31. The van der Waals surface area contributed by atoms with Crippen LogP contribution in [-0.4, -0.2) is 55.7 Å². The third kappa shape index (κ3) is 6.63. The summed E-state index contributed by atoms with van der Waals surface area (Å²) in [7, 11) is 0. The minimum atomic E-state index is -0.438. The van der Waals surface area contributed by atoms with E-state index in [2.05, 4.69) is 16.7 Å². The SMILES string of the molecule is CCN1CCCCC1.Cc1cc2c(F)cc(OCCCN3CCCCC3)c(F)c2s1. The van der Waals surface area contributed by atoms with Crippen molar-refractivity contribution in [3.05, 3.63) is 28.6 Å². The van der Waals surface area contributed by atoms with Crippen molar-refractivity contribution < 1.29 is 13.5 Å². The number of hydrogen-bond acceptors (Lipinski definition) is 4. The molecule has 6 heteroatoms. The first-order chi connectivity index (χ1) is 14.6. The van der Waals surface area contributed by atoms with Gasteiger partial charge in [0, 0.05) is 22.9 Å². The average Bonchev–Trinajstić information content (AvgIpc) is 3.19. The zero-order chi connectivity index (χ0) is 21.3. The zero-order valence-electron chi connectivity index (χ0n) is 18.5. The Morgan fingerprint density at radius 3 is 2.17 bits per heavy atom. The Morgan fingerprint density at radius 1 is 0.933 bits per heavy atom. The molecule has 0 spiro atoms. The van der Waals surface area contributed by atoms with E-state index in [0.717, 1.165) is 30.9 Å². The Balaban J connectivity index is 0.000000269.